The zero-order valence-corrected chi connectivity index (χ0v) is 8.29. The highest BCUT2D eigenvalue weighted by atomic mass is 79.9. The largest absolute Gasteiger partial charge is 0.492 e. The summed E-state index contributed by atoms with van der Waals surface area (Å²) in [6.45, 7) is 0.403. The first kappa shape index (κ1) is 8.97. The van der Waals surface area contributed by atoms with Crippen molar-refractivity contribution in [2.75, 3.05) is 6.61 Å². The molecule has 0 aliphatic carbocycles. The third kappa shape index (κ3) is 1.56. The van der Waals surface area contributed by atoms with Gasteiger partial charge in [0.25, 0.3) is 0 Å². The summed E-state index contributed by atoms with van der Waals surface area (Å²) >= 11 is 3.25. The second-order valence-electron chi connectivity index (χ2n) is 2.95. The lowest BCUT2D eigenvalue weighted by atomic mass is 10.0. The molecular weight excluding hydrogens is 239 g/mol. The van der Waals surface area contributed by atoms with Crippen LogP contribution in [0.1, 0.15) is 11.7 Å². The van der Waals surface area contributed by atoms with Gasteiger partial charge in [-0.1, -0.05) is 15.9 Å². The quantitative estimate of drug-likeness (QED) is 0.710. The molecular formula is C9H8BrFO2. The van der Waals surface area contributed by atoms with Crippen LogP contribution in [0.2, 0.25) is 0 Å². The Hall–Kier alpha value is -0.610. The van der Waals surface area contributed by atoms with Crippen molar-refractivity contribution in [3.63, 3.8) is 0 Å². The minimum Gasteiger partial charge on any atom is -0.492 e. The molecule has 2 unspecified atom stereocenters. The number of aliphatic hydroxyl groups is 1. The van der Waals surface area contributed by atoms with Crippen LogP contribution in [0.25, 0.3) is 0 Å². The van der Waals surface area contributed by atoms with Gasteiger partial charge >= 0.3 is 0 Å². The molecule has 0 spiro atoms. The molecule has 13 heavy (non-hydrogen) atoms. The third-order valence-electron chi connectivity index (χ3n) is 2.03. The van der Waals surface area contributed by atoms with Crippen LogP contribution >= 0.6 is 15.9 Å². The van der Waals surface area contributed by atoms with Crippen LogP contribution in [0, 0.1) is 5.82 Å². The molecule has 0 bridgehead atoms. The predicted molar refractivity (Wildman–Crippen MR) is 49.6 cm³/mol. The van der Waals surface area contributed by atoms with Crippen molar-refractivity contribution < 1.29 is 14.2 Å². The molecule has 70 valence electrons. The van der Waals surface area contributed by atoms with E-state index in [9.17, 15) is 9.50 Å². The second kappa shape index (κ2) is 3.27. The lowest BCUT2D eigenvalue weighted by molar-refractivity contribution is 0.124. The Kier molecular flexibility index (Phi) is 2.26. The minimum atomic E-state index is -0.695. The maximum absolute atomic E-state index is 12.8. The Balaban J connectivity index is 2.45. The number of alkyl halides is 1. The maximum atomic E-state index is 12.8. The number of ether oxygens (including phenoxy) is 1. The standard InChI is InChI=1S/C9H8BrFO2/c10-7-4-13-8-2-1-5(11)3-6(8)9(7)12/h1-3,7,9,12H,4H2. The zero-order chi connectivity index (χ0) is 9.42. The van der Waals surface area contributed by atoms with Crippen molar-refractivity contribution in [3.05, 3.63) is 29.6 Å². The van der Waals surface area contributed by atoms with Gasteiger partial charge in [-0.15, -0.1) is 0 Å². The van der Waals surface area contributed by atoms with Gasteiger partial charge in [0, 0.05) is 5.56 Å². The van der Waals surface area contributed by atoms with Crippen molar-refractivity contribution in [3.8, 4) is 5.75 Å². The molecule has 2 rings (SSSR count). The van der Waals surface area contributed by atoms with Gasteiger partial charge in [-0.25, -0.2) is 4.39 Å². The highest BCUT2D eigenvalue weighted by Crippen LogP contribution is 2.35. The number of aliphatic hydroxyl groups excluding tert-OH is 1. The Morgan fingerprint density at radius 1 is 1.54 bits per heavy atom. The smallest absolute Gasteiger partial charge is 0.125 e. The van der Waals surface area contributed by atoms with Crippen molar-refractivity contribution in [2.24, 2.45) is 0 Å². The van der Waals surface area contributed by atoms with Crippen LogP contribution in [0.15, 0.2) is 18.2 Å². The maximum Gasteiger partial charge on any atom is 0.125 e. The van der Waals surface area contributed by atoms with E-state index in [2.05, 4.69) is 15.9 Å². The molecule has 0 radical (unpaired) electrons. The molecule has 0 saturated heterocycles. The van der Waals surface area contributed by atoms with Crippen LogP contribution in [0.3, 0.4) is 0 Å². The van der Waals surface area contributed by atoms with E-state index >= 15 is 0 Å². The summed E-state index contributed by atoms with van der Waals surface area (Å²) in [5, 5.41) is 9.66. The van der Waals surface area contributed by atoms with Gasteiger partial charge in [-0.05, 0) is 18.2 Å². The molecule has 2 nitrogen and oxygen atoms in total. The number of hydrogen-bond donors (Lipinski definition) is 1. The van der Waals surface area contributed by atoms with Gasteiger partial charge in [0.05, 0.1) is 10.9 Å². The fourth-order valence-electron chi connectivity index (χ4n) is 1.34. The third-order valence-corrected chi connectivity index (χ3v) is 2.80. The Labute approximate surface area is 83.5 Å². The number of rotatable bonds is 0. The van der Waals surface area contributed by atoms with Crippen LogP contribution in [0.5, 0.6) is 5.75 Å². The van der Waals surface area contributed by atoms with Gasteiger partial charge in [0.15, 0.2) is 0 Å². The molecule has 1 N–H and O–H groups in total. The molecule has 1 heterocycles. The van der Waals surface area contributed by atoms with E-state index in [1.165, 1.54) is 18.2 Å². The molecule has 1 aliphatic heterocycles. The van der Waals surface area contributed by atoms with Gasteiger partial charge in [0.1, 0.15) is 18.2 Å². The molecule has 0 fully saturated rings. The van der Waals surface area contributed by atoms with E-state index in [1.54, 1.807) is 0 Å². The van der Waals surface area contributed by atoms with Crippen molar-refractivity contribution in [2.45, 2.75) is 10.9 Å². The average molecular weight is 247 g/mol. The summed E-state index contributed by atoms with van der Waals surface area (Å²) < 4.78 is 18.1. The number of hydrogen-bond acceptors (Lipinski definition) is 2. The fourth-order valence-corrected chi connectivity index (χ4v) is 1.75. The monoisotopic (exact) mass is 246 g/mol. The van der Waals surface area contributed by atoms with E-state index in [4.69, 9.17) is 4.74 Å². The SMILES string of the molecule is OC1c2cc(F)ccc2OCC1Br. The van der Waals surface area contributed by atoms with Gasteiger partial charge < -0.3 is 9.84 Å². The second-order valence-corrected chi connectivity index (χ2v) is 4.13. The summed E-state index contributed by atoms with van der Waals surface area (Å²) in [6.07, 6.45) is -0.695. The van der Waals surface area contributed by atoms with Crippen LogP contribution in [-0.4, -0.2) is 16.5 Å². The summed E-state index contributed by atoms with van der Waals surface area (Å²) in [4.78, 5) is -0.165. The number of fused-ring (bicyclic) bond motifs is 1. The highest BCUT2D eigenvalue weighted by molar-refractivity contribution is 9.09. The van der Waals surface area contributed by atoms with Crippen molar-refractivity contribution in [1.29, 1.82) is 0 Å². The highest BCUT2D eigenvalue weighted by Gasteiger charge is 2.27. The first-order chi connectivity index (χ1) is 6.18. The Morgan fingerprint density at radius 3 is 3.08 bits per heavy atom. The molecule has 4 heteroatoms. The molecule has 0 saturated carbocycles. The minimum absolute atomic E-state index is 0.165. The molecule has 1 aromatic carbocycles. The summed E-state index contributed by atoms with van der Waals surface area (Å²) in [7, 11) is 0. The lowest BCUT2D eigenvalue weighted by Gasteiger charge is -2.26. The summed E-state index contributed by atoms with van der Waals surface area (Å²) in [5.41, 5.74) is 0.508. The van der Waals surface area contributed by atoms with E-state index in [0.717, 1.165) is 0 Å². The van der Waals surface area contributed by atoms with Crippen LogP contribution in [-0.2, 0) is 0 Å². The Bertz CT molecular complexity index is 329. The average Bonchev–Trinajstić information content (AvgIpc) is 2.12. The van der Waals surface area contributed by atoms with E-state index in [1.807, 2.05) is 0 Å². The van der Waals surface area contributed by atoms with Gasteiger partial charge in [-0.2, -0.15) is 0 Å². The lowest BCUT2D eigenvalue weighted by Crippen LogP contribution is -2.25. The Morgan fingerprint density at radius 2 is 2.31 bits per heavy atom. The summed E-state index contributed by atoms with van der Waals surface area (Å²) in [5.74, 6) is 0.201. The van der Waals surface area contributed by atoms with Crippen LogP contribution < -0.4 is 4.74 Å². The van der Waals surface area contributed by atoms with Crippen molar-refractivity contribution >= 4 is 15.9 Å². The van der Waals surface area contributed by atoms with Gasteiger partial charge in [-0.3, -0.25) is 0 Å². The molecule has 2 atom stereocenters. The van der Waals surface area contributed by atoms with Crippen LogP contribution in [0.4, 0.5) is 4.39 Å². The molecule has 0 aromatic heterocycles. The van der Waals surface area contributed by atoms with Crippen molar-refractivity contribution in [1.82, 2.24) is 0 Å². The predicted octanol–water partition coefficient (Wildman–Crippen LogP) is 2.01. The topological polar surface area (TPSA) is 29.5 Å². The number of benzene rings is 1. The first-order valence-corrected chi connectivity index (χ1v) is 4.84. The normalized spacial score (nSPS) is 26.4. The first-order valence-electron chi connectivity index (χ1n) is 3.93. The fraction of sp³-hybridized carbons (Fsp3) is 0.333. The van der Waals surface area contributed by atoms with Gasteiger partial charge in [0.2, 0.25) is 0 Å². The van der Waals surface area contributed by atoms with E-state index in [-0.39, 0.29) is 10.6 Å². The zero-order valence-electron chi connectivity index (χ0n) is 6.71. The summed E-state index contributed by atoms with van der Waals surface area (Å²) in [6, 6.07) is 4.15. The number of halogens is 2. The molecule has 1 aromatic rings. The van der Waals surface area contributed by atoms with E-state index in [0.29, 0.717) is 17.9 Å². The van der Waals surface area contributed by atoms with E-state index < -0.39 is 6.10 Å². The molecule has 0 amide bonds. The molecule has 1 aliphatic rings.